The van der Waals surface area contributed by atoms with E-state index in [-0.39, 0.29) is 17.5 Å². The van der Waals surface area contributed by atoms with E-state index in [1.54, 1.807) is 42.5 Å². The predicted octanol–water partition coefficient (Wildman–Crippen LogP) is 6.47. The molecular formula is C38H34N2O6. The molecule has 232 valence electrons. The molecule has 7 rings (SSSR count). The summed E-state index contributed by atoms with van der Waals surface area (Å²) in [6, 6.07) is 25.6. The summed E-state index contributed by atoms with van der Waals surface area (Å²) in [4.78, 5) is 46.5. The number of para-hydroxylation sites is 1. The number of carbonyl (C=O) groups is 3. The summed E-state index contributed by atoms with van der Waals surface area (Å²) >= 11 is 0. The third-order valence-electron chi connectivity index (χ3n) is 9.40. The Hall–Kier alpha value is -5.37. The highest BCUT2D eigenvalue weighted by atomic mass is 16.5. The van der Waals surface area contributed by atoms with Crippen LogP contribution in [0.4, 0.5) is 5.69 Å². The molecule has 1 spiro atoms. The lowest BCUT2D eigenvalue weighted by Gasteiger charge is -2.38. The molecule has 46 heavy (non-hydrogen) atoms. The third-order valence-corrected chi connectivity index (χ3v) is 9.40. The lowest BCUT2D eigenvalue weighted by Crippen LogP contribution is -2.49. The number of nitrogens with zero attached hydrogens (tertiary/aromatic N) is 1. The molecular weight excluding hydrogens is 580 g/mol. The molecule has 8 heteroatoms. The van der Waals surface area contributed by atoms with Crippen molar-refractivity contribution in [3.8, 4) is 17.2 Å². The number of hydrogen-bond acceptors (Lipinski definition) is 7. The van der Waals surface area contributed by atoms with Crippen LogP contribution in [0.25, 0.3) is 6.08 Å². The Morgan fingerprint density at radius 3 is 2.33 bits per heavy atom. The maximum absolute atomic E-state index is 15.0. The van der Waals surface area contributed by atoms with Crippen LogP contribution in [0.2, 0.25) is 0 Å². The molecule has 1 saturated heterocycles. The molecule has 4 aromatic rings. The van der Waals surface area contributed by atoms with Gasteiger partial charge in [0.2, 0.25) is 5.91 Å². The van der Waals surface area contributed by atoms with E-state index in [1.165, 1.54) is 14.2 Å². The fourth-order valence-electron chi connectivity index (χ4n) is 7.44. The second-order valence-electron chi connectivity index (χ2n) is 11.8. The smallest absolute Gasteiger partial charge is 0.238 e. The van der Waals surface area contributed by atoms with Crippen molar-refractivity contribution in [1.29, 1.82) is 0 Å². The second-order valence-corrected chi connectivity index (χ2v) is 11.8. The van der Waals surface area contributed by atoms with Gasteiger partial charge in [0, 0.05) is 23.0 Å². The van der Waals surface area contributed by atoms with Gasteiger partial charge in [-0.3, -0.25) is 14.4 Å². The first kappa shape index (κ1) is 29.3. The molecule has 4 atom stereocenters. The fourth-order valence-corrected chi connectivity index (χ4v) is 7.44. The summed E-state index contributed by atoms with van der Waals surface area (Å²) in [6.07, 6.45) is 4.66. The molecule has 1 N–H and O–H groups in total. The Bertz CT molecular complexity index is 1880. The van der Waals surface area contributed by atoms with Crippen LogP contribution in [0.5, 0.6) is 17.2 Å². The molecule has 0 unspecified atom stereocenters. The first-order valence-corrected chi connectivity index (χ1v) is 15.4. The lowest BCUT2D eigenvalue weighted by molar-refractivity contribution is -0.122. The average Bonchev–Trinajstić information content (AvgIpc) is 3.58. The molecule has 8 nitrogen and oxygen atoms in total. The van der Waals surface area contributed by atoms with E-state index >= 15 is 4.79 Å². The van der Waals surface area contributed by atoms with E-state index in [4.69, 9.17) is 14.2 Å². The van der Waals surface area contributed by atoms with Crippen molar-refractivity contribution < 1.29 is 28.6 Å². The van der Waals surface area contributed by atoms with Crippen LogP contribution in [-0.4, -0.2) is 49.2 Å². The SMILES string of the molecule is CCCOc1ccc(C(=O)[C@@H]2[C@H](C(=O)c3ccc(OC)c(OC)c3)N3C=Cc4ccccc4[C@@H]3[C@@]23C(=O)Nc2ccccc23)cc1. The van der Waals surface area contributed by atoms with Gasteiger partial charge >= 0.3 is 0 Å². The highest BCUT2D eigenvalue weighted by Crippen LogP contribution is 2.62. The van der Waals surface area contributed by atoms with Crippen LogP contribution < -0.4 is 19.5 Å². The summed E-state index contributed by atoms with van der Waals surface area (Å²) < 4.78 is 16.7. The summed E-state index contributed by atoms with van der Waals surface area (Å²) in [7, 11) is 3.04. The zero-order valence-corrected chi connectivity index (χ0v) is 25.9. The maximum atomic E-state index is 15.0. The minimum absolute atomic E-state index is 0.298. The van der Waals surface area contributed by atoms with E-state index in [2.05, 4.69) is 5.32 Å². The van der Waals surface area contributed by atoms with Crippen LogP contribution >= 0.6 is 0 Å². The number of carbonyl (C=O) groups excluding carboxylic acids is 3. The molecule has 0 aromatic heterocycles. The van der Waals surface area contributed by atoms with Crippen molar-refractivity contribution in [3.05, 3.63) is 125 Å². The normalized spacial score (nSPS) is 22.1. The van der Waals surface area contributed by atoms with Crippen LogP contribution in [0.15, 0.2) is 97.2 Å². The first-order chi connectivity index (χ1) is 22.4. The molecule has 3 aliphatic heterocycles. The number of fused-ring (bicyclic) bond motifs is 6. The minimum atomic E-state index is -1.41. The van der Waals surface area contributed by atoms with Gasteiger partial charge in [0.05, 0.1) is 32.8 Å². The number of Topliss-reactive ketones (excluding diaryl/α,β-unsaturated/α-hetero) is 2. The molecule has 1 fully saturated rings. The summed E-state index contributed by atoms with van der Waals surface area (Å²) in [6.45, 7) is 2.58. The Kier molecular flexibility index (Phi) is 7.35. The van der Waals surface area contributed by atoms with Crippen LogP contribution in [0, 0.1) is 5.92 Å². The number of ether oxygens (including phenoxy) is 3. The van der Waals surface area contributed by atoms with E-state index < -0.39 is 23.4 Å². The zero-order chi connectivity index (χ0) is 32.0. The molecule has 0 radical (unpaired) electrons. The Balaban J connectivity index is 1.47. The van der Waals surface area contributed by atoms with Gasteiger partial charge in [-0.2, -0.15) is 0 Å². The highest BCUT2D eigenvalue weighted by molar-refractivity contribution is 6.16. The molecule has 1 amide bonds. The van der Waals surface area contributed by atoms with Gasteiger partial charge in [0.15, 0.2) is 23.1 Å². The van der Waals surface area contributed by atoms with Crippen LogP contribution in [0.1, 0.15) is 56.8 Å². The Labute approximate surface area is 267 Å². The summed E-state index contributed by atoms with van der Waals surface area (Å²) in [5, 5.41) is 3.09. The summed E-state index contributed by atoms with van der Waals surface area (Å²) in [5.41, 5.74) is 2.47. The zero-order valence-electron chi connectivity index (χ0n) is 25.9. The first-order valence-electron chi connectivity index (χ1n) is 15.4. The molecule has 3 aliphatic rings. The fraction of sp³-hybridized carbons (Fsp3) is 0.237. The average molecular weight is 615 g/mol. The third kappa shape index (κ3) is 4.31. The van der Waals surface area contributed by atoms with Gasteiger partial charge in [-0.05, 0) is 77.7 Å². The van der Waals surface area contributed by atoms with Crippen LogP contribution in [-0.2, 0) is 10.2 Å². The lowest BCUT2D eigenvalue weighted by atomic mass is 9.62. The van der Waals surface area contributed by atoms with E-state index in [9.17, 15) is 9.59 Å². The number of rotatable bonds is 9. The highest BCUT2D eigenvalue weighted by Gasteiger charge is 2.70. The number of benzene rings is 4. The summed E-state index contributed by atoms with van der Waals surface area (Å²) in [5.74, 6) is -0.466. The number of amides is 1. The largest absolute Gasteiger partial charge is 0.494 e. The Morgan fingerprint density at radius 2 is 1.57 bits per heavy atom. The van der Waals surface area contributed by atoms with Crippen LogP contribution in [0.3, 0.4) is 0 Å². The quantitative estimate of drug-likeness (QED) is 0.216. The van der Waals surface area contributed by atoms with Gasteiger partial charge in [-0.1, -0.05) is 49.4 Å². The number of anilines is 1. The van der Waals surface area contributed by atoms with Gasteiger partial charge in [0.25, 0.3) is 0 Å². The van der Waals surface area contributed by atoms with Gasteiger partial charge < -0.3 is 24.4 Å². The molecule has 0 bridgehead atoms. The van der Waals surface area contributed by atoms with Crippen molar-refractivity contribution in [1.82, 2.24) is 4.90 Å². The predicted molar refractivity (Wildman–Crippen MR) is 175 cm³/mol. The Morgan fingerprint density at radius 1 is 0.848 bits per heavy atom. The van der Waals surface area contributed by atoms with Crippen molar-refractivity contribution in [2.24, 2.45) is 5.92 Å². The number of hydrogen-bond donors (Lipinski definition) is 1. The molecule has 3 heterocycles. The number of nitrogens with one attached hydrogen (secondary N) is 1. The monoisotopic (exact) mass is 614 g/mol. The van der Waals surface area contributed by atoms with Crippen molar-refractivity contribution in [2.45, 2.75) is 30.8 Å². The molecule has 4 aromatic carbocycles. The standard InChI is InChI=1S/C38H34N2O6/c1-4-21-46-26-16-13-24(14-17-26)34(41)32-33(35(42)25-15-18-30(44-2)31(22-25)45-3)40-20-19-23-9-5-6-10-27(23)36(40)38(32)28-11-7-8-12-29(28)39-37(38)43/h5-20,22,32-33,36H,4,21H2,1-3H3,(H,39,43)/t32-,33+,36+,38-/m0/s1. The van der Waals surface area contributed by atoms with Crippen molar-refractivity contribution >= 4 is 29.2 Å². The molecule has 0 aliphatic carbocycles. The minimum Gasteiger partial charge on any atom is -0.494 e. The van der Waals surface area contributed by atoms with Gasteiger partial charge in [0.1, 0.15) is 17.2 Å². The van der Waals surface area contributed by atoms with E-state index in [0.717, 1.165) is 17.5 Å². The molecule has 0 saturated carbocycles. The van der Waals surface area contributed by atoms with E-state index in [1.807, 2.05) is 72.6 Å². The van der Waals surface area contributed by atoms with Gasteiger partial charge in [-0.15, -0.1) is 0 Å². The van der Waals surface area contributed by atoms with Crippen molar-refractivity contribution in [3.63, 3.8) is 0 Å². The maximum Gasteiger partial charge on any atom is 0.238 e. The second kappa shape index (κ2) is 11.5. The number of ketones is 2. The number of methoxy groups -OCH3 is 2. The van der Waals surface area contributed by atoms with Crippen molar-refractivity contribution in [2.75, 3.05) is 26.1 Å². The van der Waals surface area contributed by atoms with Gasteiger partial charge in [-0.25, -0.2) is 0 Å². The topological polar surface area (TPSA) is 94.2 Å². The van der Waals surface area contributed by atoms with E-state index in [0.29, 0.717) is 46.2 Å².